The molecule has 4 aromatic rings. The van der Waals surface area contributed by atoms with Crippen molar-refractivity contribution < 1.29 is 22.6 Å². The topological polar surface area (TPSA) is 130 Å². The van der Waals surface area contributed by atoms with Gasteiger partial charge in [-0.1, -0.05) is 12.1 Å². The summed E-state index contributed by atoms with van der Waals surface area (Å²) in [6.45, 7) is 2.32. The summed E-state index contributed by atoms with van der Waals surface area (Å²) < 4.78 is 44.2. The van der Waals surface area contributed by atoms with Crippen molar-refractivity contribution in [3.05, 3.63) is 42.6 Å². The Morgan fingerprint density at radius 3 is 2.29 bits per heavy atom. The number of aromatic nitrogens is 5. The molecule has 0 amide bonds. The third-order valence-corrected chi connectivity index (χ3v) is 5.11. The second kappa shape index (κ2) is 11.0. The number of methoxy groups -OCH3 is 2. The van der Waals surface area contributed by atoms with E-state index in [2.05, 4.69) is 24.7 Å². The molecule has 1 radical (unpaired) electrons. The zero-order chi connectivity index (χ0) is 23.6. The zero-order valence-corrected chi connectivity index (χ0v) is 23.4. The largest absolute Gasteiger partial charge is 0.494 e. The predicted molar refractivity (Wildman–Crippen MR) is 128 cm³/mol. The predicted octanol–water partition coefficient (Wildman–Crippen LogP) is 2.28. The van der Waals surface area contributed by atoms with E-state index >= 15 is 0 Å². The molecule has 0 aliphatic rings. The SMILES string of the molecule is CCOc1cccc(-c2nc3ncc(NS(C)(=O)=O)nc3n2-c2c(OC)cccc2OC)n1.[K]. The van der Waals surface area contributed by atoms with Crippen LogP contribution in [0.2, 0.25) is 0 Å². The van der Waals surface area contributed by atoms with E-state index in [1.807, 2.05) is 6.92 Å². The summed E-state index contributed by atoms with van der Waals surface area (Å²) >= 11 is 0. The number of ether oxygens (including phenoxy) is 3. The molecule has 13 heteroatoms. The number of anilines is 1. The molecule has 4 rings (SSSR count). The molecule has 0 atom stereocenters. The van der Waals surface area contributed by atoms with Crippen molar-refractivity contribution in [2.75, 3.05) is 31.8 Å². The quantitative estimate of drug-likeness (QED) is 0.355. The molecule has 0 unspecified atom stereocenters. The molecule has 1 aromatic carbocycles. The third kappa shape index (κ3) is 5.50. The van der Waals surface area contributed by atoms with Crippen LogP contribution in [0.5, 0.6) is 17.4 Å². The normalized spacial score (nSPS) is 11.1. The Morgan fingerprint density at radius 1 is 1.00 bits per heavy atom. The van der Waals surface area contributed by atoms with Gasteiger partial charge in [-0.15, -0.1) is 0 Å². The van der Waals surface area contributed by atoms with E-state index in [4.69, 9.17) is 14.2 Å². The summed E-state index contributed by atoms with van der Waals surface area (Å²) in [5.74, 6) is 1.84. The fraction of sp³-hybridized carbons (Fsp3) is 0.238. The first-order valence-corrected chi connectivity index (χ1v) is 11.8. The maximum atomic E-state index is 11.8. The van der Waals surface area contributed by atoms with Gasteiger partial charge in [0, 0.05) is 57.5 Å². The van der Waals surface area contributed by atoms with Crippen LogP contribution in [-0.4, -0.2) is 111 Å². The molecule has 0 saturated heterocycles. The van der Waals surface area contributed by atoms with Crippen molar-refractivity contribution >= 4 is 78.5 Å². The van der Waals surface area contributed by atoms with Gasteiger partial charge >= 0.3 is 0 Å². The van der Waals surface area contributed by atoms with Crippen LogP contribution in [0.15, 0.2) is 42.6 Å². The Balaban J connectivity index is 0.00000324. The number of nitrogens with zero attached hydrogens (tertiary/aromatic N) is 5. The van der Waals surface area contributed by atoms with Crippen LogP contribution in [-0.2, 0) is 10.0 Å². The van der Waals surface area contributed by atoms with Crippen LogP contribution < -0.4 is 18.9 Å². The number of sulfonamides is 1. The minimum atomic E-state index is -3.57. The van der Waals surface area contributed by atoms with Gasteiger partial charge in [0.1, 0.15) is 22.9 Å². The van der Waals surface area contributed by atoms with E-state index < -0.39 is 10.0 Å². The first-order chi connectivity index (χ1) is 15.8. The molecule has 34 heavy (non-hydrogen) atoms. The smallest absolute Gasteiger partial charge is 0.231 e. The van der Waals surface area contributed by atoms with Crippen LogP contribution in [0.4, 0.5) is 5.82 Å². The van der Waals surface area contributed by atoms with Gasteiger partial charge in [-0.3, -0.25) is 9.29 Å². The number of hydrogen-bond acceptors (Lipinski definition) is 9. The summed E-state index contributed by atoms with van der Waals surface area (Å²) in [6, 6.07) is 10.6. The molecule has 0 fully saturated rings. The third-order valence-electron chi connectivity index (χ3n) is 4.53. The number of para-hydroxylation sites is 1. The van der Waals surface area contributed by atoms with Gasteiger partial charge in [0.05, 0.1) is 33.3 Å². The van der Waals surface area contributed by atoms with Crippen LogP contribution >= 0.6 is 0 Å². The van der Waals surface area contributed by atoms with Crippen molar-refractivity contribution in [3.63, 3.8) is 0 Å². The monoisotopic (exact) mass is 509 g/mol. The number of rotatable bonds is 8. The van der Waals surface area contributed by atoms with E-state index in [9.17, 15) is 8.42 Å². The Labute approximate surface area is 239 Å². The molecule has 0 spiro atoms. The van der Waals surface area contributed by atoms with Crippen LogP contribution in [0.1, 0.15) is 6.92 Å². The second-order valence-electron chi connectivity index (χ2n) is 6.85. The first-order valence-electron chi connectivity index (χ1n) is 9.89. The van der Waals surface area contributed by atoms with E-state index in [0.29, 0.717) is 41.2 Å². The zero-order valence-electron chi connectivity index (χ0n) is 19.4. The molecular weight excluding hydrogens is 487 g/mol. The maximum Gasteiger partial charge on any atom is 0.231 e. The van der Waals surface area contributed by atoms with Gasteiger partial charge in [-0.05, 0) is 25.1 Å². The Bertz CT molecular complexity index is 1400. The van der Waals surface area contributed by atoms with Gasteiger partial charge in [0.15, 0.2) is 22.9 Å². The molecule has 0 aliphatic carbocycles. The minimum absolute atomic E-state index is 0. The number of nitrogens with one attached hydrogen (secondary N) is 1. The summed E-state index contributed by atoms with van der Waals surface area (Å²) in [6.07, 6.45) is 2.34. The first kappa shape index (κ1) is 26.3. The number of benzene rings is 1. The molecule has 11 nitrogen and oxygen atoms in total. The fourth-order valence-electron chi connectivity index (χ4n) is 3.29. The molecule has 173 valence electrons. The summed E-state index contributed by atoms with van der Waals surface area (Å²) in [4.78, 5) is 18.0. The average molecular weight is 510 g/mol. The fourth-order valence-corrected chi connectivity index (χ4v) is 3.77. The van der Waals surface area contributed by atoms with Gasteiger partial charge in [-0.2, -0.15) is 0 Å². The van der Waals surface area contributed by atoms with Gasteiger partial charge in [-0.25, -0.2) is 28.4 Å². The second-order valence-corrected chi connectivity index (χ2v) is 8.60. The molecule has 1 N–H and O–H groups in total. The van der Waals surface area contributed by atoms with Crippen molar-refractivity contribution in [1.29, 1.82) is 0 Å². The maximum absolute atomic E-state index is 11.8. The molecule has 0 aliphatic heterocycles. The number of imidazole rings is 1. The van der Waals surface area contributed by atoms with Crippen LogP contribution in [0.25, 0.3) is 28.5 Å². The summed E-state index contributed by atoms with van der Waals surface area (Å²) in [5.41, 5.74) is 1.56. The summed E-state index contributed by atoms with van der Waals surface area (Å²) in [7, 11) is -0.497. The van der Waals surface area contributed by atoms with E-state index in [1.165, 1.54) is 20.4 Å². The molecule has 0 bridgehead atoms. The number of fused-ring (bicyclic) bond motifs is 1. The molecule has 3 aromatic heterocycles. The van der Waals surface area contributed by atoms with Crippen molar-refractivity contribution in [1.82, 2.24) is 24.5 Å². The van der Waals surface area contributed by atoms with Crippen LogP contribution in [0.3, 0.4) is 0 Å². The van der Waals surface area contributed by atoms with Crippen molar-refractivity contribution in [2.24, 2.45) is 0 Å². The number of pyridine rings is 1. The standard InChI is InChI=1S/C21H22N6O5S.K/c1-5-32-17-11-6-8-13(23-17)20-25-19-21(24-16(12-22-19)26-33(4,28)29)27(20)18-14(30-2)9-7-10-15(18)31-3;/h6-12H,5H2,1-4H3,(H,24,26);. The summed E-state index contributed by atoms with van der Waals surface area (Å²) in [5, 5.41) is 0. The average Bonchev–Trinajstić information content (AvgIpc) is 3.16. The van der Waals surface area contributed by atoms with Gasteiger partial charge in [0.2, 0.25) is 15.9 Å². The number of hydrogen-bond donors (Lipinski definition) is 1. The van der Waals surface area contributed by atoms with Crippen molar-refractivity contribution in [3.8, 4) is 34.6 Å². The van der Waals surface area contributed by atoms with Crippen LogP contribution in [0, 0.1) is 0 Å². The molecule has 0 saturated carbocycles. The minimum Gasteiger partial charge on any atom is -0.494 e. The van der Waals surface area contributed by atoms with Crippen molar-refractivity contribution in [2.45, 2.75) is 6.92 Å². The molecule has 3 heterocycles. The van der Waals surface area contributed by atoms with E-state index in [0.717, 1.165) is 6.26 Å². The Morgan fingerprint density at radius 2 is 1.68 bits per heavy atom. The van der Waals surface area contributed by atoms with Gasteiger partial charge < -0.3 is 14.2 Å². The van der Waals surface area contributed by atoms with E-state index in [-0.39, 0.29) is 68.5 Å². The Hall–Kier alpha value is -2.29. The molecular formula is C21H22KN6O5S. The Kier molecular flexibility index (Phi) is 8.49. The van der Waals surface area contributed by atoms with E-state index in [1.54, 1.807) is 41.0 Å². The van der Waals surface area contributed by atoms with Gasteiger partial charge in [0.25, 0.3) is 0 Å².